The maximum atomic E-state index is 13.3. The van der Waals surface area contributed by atoms with Gasteiger partial charge in [0.15, 0.2) is 22.3 Å². The van der Waals surface area contributed by atoms with Crippen LogP contribution in [0.15, 0.2) is 33.9 Å². The van der Waals surface area contributed by atoms with Crippen LogP contribution in [0.1, 0.15) is 40.9 Å². The number of carboxylic acids is 2. The molecule has 45 heavy (non-hydrogen) atoms. The number of phenolic OH excluding ortho intramolecular Hbond substituents is 2. The highest BCUT2D eigenvalue weighted by atomic mass is 32.2. The number of hydrogen-bond acceptors (Lipinski definition) is 14. The molecule has 2 aliphatic heterocycles. The van der Waals surface area contributed by atoms with E-state index in [1.54, 1.807) is 6.07 Å². The number of aliphatic carboxylic acids is 2. The van der Waals surface area contributed by atoms with Gasteiger partial charge in [0, 0.05) is 36.1 Å². The third kappa shape index (κ3) is 5.67. The van der Waals surface area contributed by atoms with E-state index in [4.69, 9.17) is 15.8 Å². The van der Waals surface area contributed by atoms with Crippen LogP contribution in [-0.4, -0.2) is 95.0 Å². The van der Waals surface area contributed by atoms with Crippen LogP contribution in [0.4, 0.5) is 5.13 Å². The molecule has 3 aliphatic rings. The first-order valence-corrected chi connectivity index (χ1v) is 15.0. The lowest BCUT2D eigenvalue weighted by molar-refractivity contribution is -0.178. The van der Waals surface area contributed by atoms with Gasteiger partial charge in [-0.15, -0.1) is 23.1 Å². The van der Waals surface area contributed by atoms with E-state index in [1.165, 1.54) is 5.38 Å². The molecule has 2 aromatic rings. The van der Waals surface area contributed by atoms with Gasteiger partial charge in [-0.05, 0) is 24.1 Å². The molecule has 8 N–H and O–H groups in total. The fourth-order valence-electron chi connectivity index (χ4n) is 4.73. The van der Waals surface area contributed by atoms with Gasteiger partial charge in [-0.1, -0.05) is 5.16 Å². The molecule has 2 fully saturated rings. The number of nitrogens with one attached hydrogen (secondary N) is 2. The van der Waals surface area contributed by atoms with Crippen LogP contribution in [0, 0.1) is 11.3 Å². The van der Waals surface area contributed by atoms with E-state index < -0.39 is 69.6 Å². The highest BCUT2D eigenvalue weighted by molar-refractivity contribution is 8.00. The number of oxime groups is 1. The lowest BCUT2D eigenvalue weighted by Crippen LogP contribution is -2.71. The first-order valence-electron chi connectivity index (χ1n) is 13.0. The number of fused-ring (bicyclic) bond motifs is 1. The molecular weight excluding hydrogens is 634 g/mol. The Labute approximate surface area is 261 Å². The Bertz CT molecular complexity index is 1740. The fourth-order valence-corrected chi connectivity index (χ4v) is 6.62. The quantitative estimate of drug-likeness (QED) is 0.0761. The van der Waals surface area contributed by atoms with Crippen molar-refractivity contribution in [3.05, 3.63) is 45.6 Å². The number of carbonyl (C=O) groups excluding carboxylic acids is 3. The Morgan fingerprint density at radius 3 is 2.56 bits per heavy atom. The predicted octanol–water partition coefficient (Wildman–Crippen LogP) is -0.0952. The predicted molar refractivity (Wildman–Crippen MR) is 155 cm³/mol. The lowest BCUT2D eigenvalue weighted by atomic mass is 9.80. The number of thioether (sulfide) groups is 1. The molecule has 1 aromatic carbocycles. The summed E-state index contributed by atoms with van der Waals surface area (Å²) in [5.41, 5.74) is 2.94. The van der Waals surface area contributed by atoms with Gasteiger partial charge in [0.1, 0.15) is 28.9 Å². The van der Waals surface area contributed by atoms with Crippen LogP contribution < -0.4 is 16.4 Å². The van der Waals surface area contributed by atoms with Gasteiger partial charge in [-0.3, -0.25) is 19.3 Å². The van der Waals surface area contributed by atoms with Gasteiger partial charge >= 0.3 is 11.9 Å². The summed E-state index contributed by atoms with van der Waals surface area (Å²) in [6, 6.07) is 2.44. The number of rotatable bonds is 10. The molecule has 1 aliphatic carbocycles. The molecule has 17 nitrogen and oxygen atoms in total. The van der Waals surface area contributed by atoms with Gasteiger partial charge in [0.2, 0.25) is 5.60 Å². The molecule has 1 saturated heterocycles. The number of β-lactam (4-membered cyclic amide) rings is 1. The minimum atomic E-state index is -1.59. The van der Waals surface area contributed by atoms with E-state index in [0.29, 0.717) is 6.42 Å². The number of anilines is 1. The second-order valence-corrected chi connectivity index (χ2v) is 12.1. The van der Waals surface area contributed by atoms with Crippen molar-refractivity contribution in [1.29, 1.82) is 5.26 Å². The molecule has 0 bridgehead atoms. The monoisotopic (exact) mass is 657 g/mol. The van der Waals surface area contributed by atoms with Crippen LogP contribution in [0.3, 0.4) is 0 Å². The Morgan fingerprint density at radius 2 is 1.98 bits per heavy atom. The highest BCUT2D eigenvalue weighted by Crippen LogP contribution is 2.40. The van der Waals surface area contributed by atoms with Crippen molar-refractivity contribution in [2.24, 2.45) is 5.16 Å². The highest BCUT2D eigenvalue weighted by Gasteiger charge is 2.54. The molecule has 0 spiro atoms. The standard InChI is InChI=1S/C26H23N7O10S2/c27-6-11-4-10(5-14(34)18(11)35)19(36)29-7-12-8-44-22-16(21(38)33(22)17(12)23(39)40)31-20(37)15(13-9-45-25(28)30-13)32-43-26(24(41)42)2-1-3-26/h4-5,9,16,22,34-35H,1-3,7-8H2,(H2,28,30)(H,29,36)(H,31,37)(H,39,40)(H,41,42)/t16?,22-/m0/s1. The maximum absolute atomic E-state index is 13.3. The van der Waals surface area contributed by atoms with Gasteiger partial charge in [0.25, 0.3) is 17.7 Å². The summed E-state index contributed by atoms with van der Waals surface area (Å²) in [5.74, 6) is -6.51. The summed E-state index contributed by atoms with van der Waals surface area (Å²) in [5, 5.41) is 57.5. The van der Waals surface area contributed by atoms with E-state index in [1.807, 2.05) is 0 Å². The summed E-state index contributed by atoms with van der Waals surface area (Å²) in [7, 11) is 0. The normalized spacial score (nSPS) is 20.2. The number of thiazole rings is 1. The SMILES string of the molecule is N#Cc1cc(C(=O)NCC2=C(C(=O)O)N3C(=O)C(NC(=O)C(=NOC4(C(=O)O)CCC4)c4csc(N)n4)[C@@H]3SC2)cc(O)c1O. The smallest absolute Gasteiger partial charge is 0.352 e. The summed E-state index contributed by atoms with van der Waals surface area (Å²) < 4.78 is 0. The van der Waals surface area contributed by atoms with E-state index in [-0.39, 0.29) is 52.7 Å². The zero-order valence-electron chi connectivity index (χ0n) is 22.8. The van der Waals surface area contributed by atoms with Crippen LogP contribution in [0.25, 0.3) is 0 Å². The zero-order valence-corrected chi connectivity index (χ0v) is 24.5. The number of nitriles is 1. The fraction of sp³-hybridized carbons (Fsp3) is 0.308. The summed E-state index contributed by atoms with van der Waals surface area (Å²) in [6.07, 6.45) is 0.951. The van der Waals surface area contributed by atoms with E-state index >= 15 is 0 Å². The number of hydrogen-bond donors (Lipinski definition) is 7. The van der Waals surface area contributed by atoms with Gasteiger partial charge in [0.05, 0.1) is 5.56 Å². The van der Waals surface area contributed by atoms with Crippen molar-refractivity contribution in [1.82, 2.24) is 20.5 Å². The number of carbonyl (C=O) groups is 5. The number of benzene rings is 1. The molecule has 5 rings (SSSR count). The molecule has 1 aromatic heterocycles. The molecule has 234 valence electrons. The van der Waals surface area contributed by atoms with Crippen molar-refractivity contribution >= 4 is 63.6 Å². The van der Waals surface area contributed by atoms with Crippen LogP contribution in [0.2, 0.25) is 0 Å². The van der Waals surface area contributed by atoms with Crippen molar-refractivity contribution in [3.8, 4) is 17.6 Å². The molecule has 2 atom stereocenters. The molecule has 3 heterocycles. The summed E-state index contributed by atoms with van der Waals surface area (Å²) in [4.78, 5) is 73.3. The Balaban J connectivity index is 1.31. The molecule has 1 saturated carbocycles. The number of aromatic nitrogens is 1. The Hall–Kier alpha value is -5.35. The molecule has 1 unspecified atom stereocenters. The van der Waals surface area contributed by atoms with E-state index in [2.05, 4.69) is 20.8 Å². The van der Waals surface area contributed by atoms with Crippen molar-refractivity contribution < 1.29 is 49.2 Å². The van der Waals surface area contributed by atoms with Crippen LogP contribution in [0.5, 0.6) is 11.5 Å². The van der Waals surface area contributed by atoms with E-state index in [9.17, 15) is 44.4 Å². The third-order valence-electron chi connectivity index (χ3n) is 7.31. The van der Waals surface area contributed by atoms with Crippen LogP contribution in [-0.2, 0) is 24.0 Å². The first kappa shape index (κ1) is 31.1. The summed E-state index contributed by atoms with van der Waals surface area (Å²) >= 11 is 2.11. The zero-order chi connectivity index (χ0) is 32.6. The number of nitrogens with zero attached hydrogens (tertiary/aromatic N) is 4. The maximum Gasteiger partial charge on any atom is 0.352 e. The van der Waals surface area contributed by atoms with Crippen molar-refractivity contribution in [2.75, 3.05) is 18.0 Å². The Kier molecular flexibility index (Phi) is 8.27. The first-order chi connectivity index (χ1) is 21.4. The summed E-state index contributed by atoms with van der Waals surface area (Å²) in [6.45, 7) is -0.310. The van der Waals surface area contributed by atoms with Crippen LogP contribution >= 0.6 is 23.1 Å². The average Bonchev–Trinajstić information content (AvgIpc) is 3.41. The van der Waals surface area contributed by atoms with Crippen molar-refractivity contribution in [2.45, 2.75) is 36.3 Å². The second-order valence-electron chi connectivity index (χ2n) is 10.1. The molecule has 0 radical (unpaired) electrons. The van der Waals surface area contributed by atoms with Crippen molar-refractivity contribution in [3.63, 3.8) is 0 Å². The topological polar surface area (TPSA) is 278 Å². The van der Waals surface area contributed by atoms with Gasteiger partial charge < -0.3 is 41.6 Å². The minimum Gasteiger partial charge on any atom is -0.504 e. The second kappa shape index (κ2) is 12.0. The molecular formula is C26H23N7O10S2. The number of phenols is 2. The molecule has 3 amide bonds. The minimum absolute atomic E-state index is 0.0113. The number of nitrogen functional groups attached to an aromatic ring is 1. The van der Waals surface area contributed by atoms with Gasteiger partial charge in [-0.25, -0.2) is 14.6 Å². The average molecular weight is 658 g/mol. The number of aromatic hydroxyl groups is 2. The Morgan fingerprint density at radius 1 is 1.24 bits per heavy atom. The number of nitrogens with two attached hydrogens (primary N) is 1. The molecule has 19 heteroatoms. The van der Waals surface area contributed by atoms with Gasteiger partial charge in [-0.2, -0.15) is 5.26 Å². The largest absolute Gasteiger partial charge is 0.504 e. The number of carboxylic acid groups (broad SMARTS) is 2. The van der Waals surface area contributed by atoms with E-state index in [0.717, 1.165) is 40.1 Å². The number of amides is 3. The lowest BCUT2D eigenvalue weighted by Gasteiger charge is -2.49. The third-order valence-corrected chi connectivity index (χ3v) is 9.33.